The van der Waals surface area contributed by atoms with Crippen molar-refractivity contribution in [2.45, 2.75) is 26.5 Å². The quantitative estimate of drug-likeness (QED) is 0.788. The Hall–Kier alpha value is -3.02. The molecule has 6 nitrogen and oxygen atoms in total. The highest BCUT2D eigenvalue weighted by Crippen LogP contribution is 2.19. The van der Waals surface area contributed by atoms with E-state index in [1.807, 2.05) is 12.1 Å². The van der Waals surface area contributed by atoms with Gasteiger partial charge in [-0.3, -0.25) is 4.79 Å². The smallest absolute Gasteiger partial charge is 0.342 e. The van der Waals surface area contributed by atoms with Gasteiger partial charge >= 0.3 is 5.97 Å². The zero-order valence-corrected chi connectivity index (χ0v) is 14.4. The van der Waals surface area contributed by atoms with Crippen molar-refractivity contribution in [3.63, 3.8) is 0 Å². The lowest BCUT2D eigenvalue weighted by Gasteiger charge is -2.14. The van der Waals surface area contributed by atoms with Crippen LogP contribution in [0.25, 0.3) is 0 Å². The first-order valence-corrected chi connectivity index (χ1v) is 7.82. The molecule has 132 valence electrons. The molecule has 0 bridgehead atoms. The van der Waals surface area contributed by atoms with E-state index in [1.54, 1.807) is 32.2 Å². The molecule has 6 heteroatoms. The van der Waals surface area contributed by atoms with Crippen LogP contribution in [0.3, 0.4) is 0 Å². The molecule has 0 aromatic heterocycles. The molecule has 25 heavy (non-hydrogen) atoms. The number of hydrogen-bond acceptors (Lipinski definition) is 5. The van der Waals surface area contributed by atoms with E-state index >= 15 is 0 Å². The molecule has 0 saturated carbocycles. The van der Waals surface area contributed by atoms with Crippen molar-refractivity contribution >= 4 is 11.9 Å². The minimum absolute atomic E-state index is 0.0369. The van der Waals surface area contributed by atoms with Gasteiger partial charge in [0, 0.05) is 6.54 Å². The number of aromatic hydroxyl groups is 1. The van der Waals surface area contributed by atoms with Crippen LogP contribution >= 0.6 is 0 Å². The number of aryl methyl sites for hydroxylation is 1. The molecule has 2 N–H and O–H groups in total. The number of esters is 1. The van der Waals surface area contributed by atoms with Crippen molar-refractivity contribution in [2.24, 2.45) is 0 Å². The normalized spacial score (nSPS) is 11.5. The number of carbonyl (C=O) groups is 2. The van der Waals surface area contributed by atoms with Crippen LogP contribution in [0.15, 0.2) is 42.5 Å². The molecule has 0 fully saturated rings. The van der Waals surface area contributed by atoms with Gasteiger partial charge in [-0.05, 0) is 43.7 Å². The van der Waals surface area contributed by atoms with Gasteiger partial charge in [0.15, 0.2) is 6.10 Å². The average Bonchev–Trinajstić information content (AvgIpc) is 2.61. The van der Waals surface area contributed by atoms with Gasteiger partial charge in [-0.2, -0.15) is 0 Å². The minimum atomic E-state index is -0.981. The number of amides is 1. The maximum atomic E-state index is 12.1. The number of phenols is 1. The molecular formula is C19H21NO5. The van der Waals surface area contributed by atoms with Gasteiger partial charge in [0.25, 0.3) is 5.91 Å². The van der Waals surface area contributed by atoms with Crippen LogP contribution < -0.4 is 10.1 Å². The highest BCUT2D eigenvalue weighted by molar-refractivity contribution is 5.94. The maximum absolute atomic E-state index is 12.1. The first-order chi connectivity index (χ1) is 11.9. The van der Waals surface area contributed by atoms with Gasteiger partial charge in [-0.1, -0.05) is 23.8 Å². The summed E-state index contributed by atoms with van der Waals surface area (Å²) in [5.41, 5.74) is 1.74. The fourth-order valence-electron chi connectivity index (χ4n) is 2.17. The first kappa shape index (κ1) is 18.3. The molecule has 0 saturated heterocycles. The van der Waals surface area contributed by atoms with Crippen molar-refractivity contribution in [2.75, 3.05) is 7.11 Å². The van der Waals surface area contributed by atoms with E-state index in [-0.39, 0.29) is 11.3 Å². The second-order valence-corrected chi connectivity index (χ2v) is 5.63. The molecule has 2 rings (SSSR count). The summed E-state index contributed by atoms with van der Waals surface area (Å²) < 4.78 is 10.2. The number of benzene rings is 2. The number of ether oxygens (including phenoxy) is 2. The Morgan fingerprint density at radius 2 is 1.84 bits per heavy atom. The van der Waals surface area contributed by atoms with E-state index in [1.165, 1.54) is 19.1 Å². The Morgan fingerprint density at radius 1 is 1.16 bits per heavy atom. The fourth-order valence-corrected chi connectivity index (χ4v) is 2.17. The van der Waals surface area contributed by atoms with Gasteiger partial charge in [0.1, 0.15) is 17.1 Å². The topological polar surface area (TPSA) is 84.9 Å². The monoisotopic (exact) mass is 343 g/mol. The second kappa shape index (κ2) is 8.19. The Labute approximate surface area is 146 Å². The highest BCUT2D eigenvalue weighted by Gasteiger charge is 2.20. The first-order valence-electron chi connectivity index (χ1n) is 7.82. The number of nitrogens with one attached hydrogen (secondary N) is 1. The largest absolute Gasteiger partial charge is 0.507 e. The molecule has 0 heterocycles. The van der Waals surface area contributed by atoms with E-state index < -0.39 is 18.0 Å². The van der Waals surface area contributed by atoms with Gasteiger partial charge < -0.3 is 19.9 Å². The summed E-state index contributed by atoms with van der Waals surface area (Å²) in [5, 5.41) is 12.4. The van der Waals surface area contributed by atoms with Crippen LogP contribution in [0.1, 0.15) is 28.4 Å². The third kappa shape index (κ3) is 4.97. The Balaban J connectivity index is 1.90. The molecule has 0 spiro atoms. The lowest BCUT2D eigenvalue weighted by molar-refractivity contribution is -0.129. The maximum Gasteiger partial charge on any atom is 0.342 e. The third-order valence-corrected chi connectivity index (χ3v) is 3.65. The molecule has 1 atom stereocenters. The summed E-state index contributed by atoms with van der Waals surface area (Å²) in [7, 11) is 1.58. The summed E-state index contributed by atoms with van der Waals surface area (Å²) in [5.74, 6) is -0.610. The van der Waals surface area contributed by atoms with Crippen LogP contribution in [-0.2, 0) is 16.1 Å². The van der Waals surface area contributed by atoms with Gasteiger partial charge in [0.2, 0.25) is 0 Å². The van der Waals surface area contributed by atoms with E-state index in [0.717, 1.165) is 16.9 Å². The van der Waals surface area contributed by atoms with Crippen LogP contribution in [0, 0.1) is 6.92 Å². The summed E-state index contributed by atoms with van der Waals surface area (Å²) >= 11 is 0. The predicted molar refractivity (Wildman–Crippen MR) is 92.6 cm³/mol. The molecule has 0 aliphatic rings. The molecule has 1 amide bonds. The lowest BCUT2D eigenvalue weighted by Crippen LogP contribution is -2.35. The summed E-state index contributed by atoms with van der Waals surface area (Å²) in [6, 6.07) is 11.9. The minimum Gasteiger partial charge on any atom is -0.507 e. The second-order valence-electron chi connectivity index (χ2n) is 5.63. The molecule has 0 aliphatic carbocycles. The van der Waals surface area contributed by atoms with Crippen molar-refractivity contribution in [1.82, 2.24) is 5.32 Å². The molecule has 0 aliphatic heterocycles. The standard InChI is InChI=1S/C19H21NO5/c1-12-4-9-17(21)16(10-12)19(23)25-13(2)18(22)20-11-14-5-7-15(24-3)8-6-14/h4-10,13,21H,11H2,1-3H3,(H,20,22)/t13-/m1/s1. The lowest BCUT2D eigenvalue weighted by atomic mass is 10.1. The van der Waals surface area contributed by atoms with Crippen molar-refractivity contribution in [3.05, 3.63) is 59.2 Å². The van der Waals surface area contributed by atoms with Gasteiger partial charge in [-0.25, -0.2) is 4.79 Å². The third-order valence-electron chi connectivity index (χ3n) is 3.65. The predicted octanol–water partition coefficient (Wildman–Crippen LogP) is 2.57. The number of methoxy groups -OCH3 is 1. The summed E-state index contributed by atoms with van der Waals surface area (Å²) in [6.07, 6.45) is -0.981. The number of phenolic OH excluding ortho intramolecular Hbond substituents is 1. The van der Waals surface area contributed by atoms with E-state index in [9.17, 15) is 14.7 Å². The zero-order chi connectivity index (χ0) is 18.4. The number of carbonyl (C=O) groups excluding carboxylic acids is 2. The summed E-state index contributed by atoms with van der Waals surface area (Å²) in [6.45, 7) is 3.58. The van der Waals surface area contributed by atoms with Crippen LogP contribution in [0.2, 0.25) is 0 Å². The average molecular weight is 343 g/mol. The number of hydrogen-bond donors (Lipinski definition) is 2. The Kier molecular flexibility index (Phi) is 6.00. The van der Waals surface area contributed by atoms with Crippen LogP contribution in [0.4, 0.5) is 0 Å². The van der Waals surface area contributed by atoms with Gasteiger partial charge in [-0.15, -0.1) is 0 Å². The molecular weight excluding hydrogens is 322 g/mol. The van der Waals surface area contributed by atoms with Crippen LogP contribution in [-0.4, -0.2) is 30.2 Å². The molecule has 0 unspecified atom stereocenters. The van der Waals surface area contributed by atoms with Gasteiger partial charge in [0.05, 0.1) is 7.11 Å². The van der Waals surface area contributed by atoms with Crippen molar-refractivity contribution < 1.29 is 24.2 Å². The van der Waals surface area contributed by atoms with E-state index in [4.69, 9.17) is 9.47 Å². The summed E-state index contributed by atoms with van der Waals surface area (Å²) in [4.78, 5) is 24.2. The van der Waals surface area contributed by atoms with Crippen molar-refractivity contribution in [1.29, 1.82) is 0 Å². The fraction of sp³-hybridized carbons (Fsp3) is 0.263. The van der Waals surface area contributed by atoms with Crippen molar-refractivity contribution in [3.8, 4) is 11.5 Å². The molecule has 2 aromatic carbocycles. The van der Waals surface area contributed by atoms with Crippen LogP contribution in [0.5, 0.6) is 11.5 Å². The SMILES string of the molecule is COc1ccc(CNC(=O)[C@@H](C)OC(=O)c2cc(C)ccc2O)cc1. The van der Waals surface area contributed by atoms with E-state index in [0.29, 0.717) is 6.54 Å². The highest BCUT2D eigenvalue weighted by atomic mass is 16.5. The Morgan fingerprint density at radius 3 is 2.48 bits per heavy atom. The number of rotatable bonds is 6. The Bertz CT molecular complexity index is 755. The molecule has 2 aromatic rings. The van der Waals surface area contributed by atoms with E-state index in [2.05, 4.69) is 5.32 Å². The zero-order valence-electron chi connectivity index (χ0n) is 14.4. The molecule has 0 radical (unpaired) electrons.